The Kier molecular flexibility index (Phi) is 5.22. The maximum atomic E-state index is 13.0. The van der Waals surface area contributed by atoms with E-state index >= 15 is 0 Å². The quantitative estimate of drug-likeness (QED) is 0.868. The van der Waals surface area contributed by atoms with E-state index in [4.69, 9.17) is 0 Å². The number of hydrogen-bond acceptors (Lipinski definition) is 2. The lowest BCUT2D eigenvalue weighted by Gasteiger charge is -2.13. The zero-order valence-corrected chi connectivity index (χ0v) is 11.2. The van der Waals surface area contributed by atoms with Crippen LogP contribution in [0.3, 0.4) is 0 Å². The number of hydrogen-bond donors (Lipinski definition) is 1. The van der Waals surface area contributed by atoms with E-state index in [-0.39, 0.29) is 18.2 Å². The molecule has 1 aromatic carbocycles. The molecule has 0 fully saturated rings. The Morgan fingerprint density at radius 2 is 1.94 bits per heavy atom. The Morgan fingerprint density at radius 1 is 1.28 bits per heavy atom. The topological polar surface area (TPSA) is 46.2 Å². The lowest BCUT2D eigenvalue weighted by atomic mass is 10.0. The Labute approximate surface area is 106 Å². The molecule has 3 nitrogen and oxygen atoms in total. The molecule has 0 aliphatic carbocycles. The molecule has 0 saturated heterocycles. The van der Waals surface area contributed by atoms with E-state index < -0.39 is 21.7 Å². The third kappa shape index (κ3) is 4.34. The van der Waals surface area contributed by atoms with Crippen LogP contribution in [0.1, 0.15) is 31.7 Å². The summed E-state index contributed by atoms with van der Waals surface area (Å²) in [4.78, 5) is 0. The van der Waals surface area contributed by atoms with Crippen molar-refractivity contribution in [2.45, 2.75) is 26.2 Å². The fourth-order valence-corrected chi connectivity index (χ4v) is 2.72. The summed E-state index contributed by atoms with van der Waals surface area (Å²) in [5.41, 5.74) is 0.563. The molecule has 0 radical (unpaired) electrons. The van der Waals surface area contributed by atoms with Crippen LogP contribution in [0.5, 0.6) is 0 Å². The van der Waals surface area contributed by atoms with E-state index in [0.29, 0.717) is 12.0 Å². The van der Waals surface area contributed by atoms with Gasteiger partial charge in [-0.1, -0.05) is 19.9 Å². The molecule has 1 rings (SSSR count). The second-order valence-electron chi connectivity index (χ2n) is 4.24. The summed E-state index contributed by atoms with van der Waals surface area (Å²) < 4.78 is 51.1. The lowest BCUT2D eigenvalue weighted by Crippen LogP contribution is -2.29. The molecule has 1 N–H and O–H groups in total. The minimum absolute atomic E-state index is 0.0670. The van der Waals surface area contributed by atoms with Crippen molar-refractivity contribution < 1.29 is 17.2 Å². The van der Waals surface area contributed by atoms with Crippen LogP contribution >= 0.6 is 0 Å². The number of sulfonamides is 1. The SMILES string of the molecule is CCCS(=O)(=O)NC[C@@H](C)c1ccc(F)c(F)c1. The maximum absolute atomic E-state index is 13.0. The molecule has 0 spiro atoms. The second-order valence-corrected chi connectivity index (χ2v) is 6.17. The predicted molar refractivity (Wildman–Crippen MR) is 66.9 cm³/mol. The third-order valence-corrected chi connectivity index (χ3v) is 4.15. The van der Waals surface area contributed by atoms with Crippen LogP contribution in [0.15, 0.2) is 18.2 Å². The molecular formula is C12H17F2NO2S. The zero-order chi connectivity index (χ0) is 13.8. The lowest BCUT2D eigenvalue weighted by molar-refractivity contribution is 0.505. The normalized spacial score (nSPS) is 13.6. The van der Waals surface area contributed by atoms with Crippen LogP contribution in [0, 0.1) is 11.6 Å². The molecule has 0 aliphatic rings. The Balaban J connectivity index is 2.65. The van der Waals surface area contributed by atoms with E-state index in [1.54, 1.807) is 13.8 Å². The van der Waals surface area contributed by atoms with Gasteiger partial charge in [-0.25, -0.2) is 21.9 Å². The van der Waals surface area contributed by atoms with Crippen LogP contribution < -0.4 is 4.72 Å². The molecule has 6 heteroatoms. The van der Waals surface area contributed by atoms with E-state index in [1.165, 1.54) is 6.07 Å². The molecule has 0 saturated carbocycles. The second kappa shape index (κ2) is 6.24. The van der Waals surface area contributed by atoms with Crippen molar-refractivity contribution >= 4 is 10.0 Å². The summed E-state index contributed by atoms with van der Waals surface area (Å²) >= 11 is 0. The molecule has 0 aromatic heterocycles. The first-order valence-electron chi connectivity index (χ1n) is 5.78. The predicted octanol–water partition coefficient (Wildman–Crippen LogP) is 2.40. The summed E-state index contributed by atoms with van der Waals surface area (Å²) in [6, 6.07) is 3.59. The fraction of sp³-hybridized carbons (Fsp3) is 0.500. The summed E-state index contributed by atoms with van der Waals surface area (Å²) in [7, 11) is -3.27. The van der Waals surface area contributed by atoms with Gasteiger partial charge in [0.05, 0.1) is 5.75 Å². The van der Waals surface area contributed by atoms with Crippen LogP contribution in [0.4, 0.5) is 8.78 Å². The summed E-state index contributed by atoms with van der Waals surface area (Å²) in [5, 5.41) is 0. The van der Waals surface area contributed by atoms with Gasteiger partial charge in [0.1, 0.15) is 0 Å². The van der Waals surface area contributed by atoms with E-state index in [2.05, 4.69) is 4.72 Å². The molecule has 0 bridgehead atoms. The van der Waals surface area contributed by atoms with E-state index in [1.807, 2.05) is 0 Å². The van der Waals surface area contributed by atoms with E-state index in [9.17, 15) is 17.2 Å². The van der Waals surface area contributed by atoms with Gasteiger partial charge in [0.25, 0.3) is 0 Å². The Bertz CT molecular complexity index is 503. The molecule has 0 heterocycles. The molecule has 0 unspecified atom stereocenters. The van der Waals surface area contributed by atoms with Gasteiger partial charge in [0, 0.05) is 6.54 Å². The molecule has 0 amide bonds. The van der Waals surface area contributed by atoms with Gasteiger partial charge in [-0.2, -0.15) is 0 Å². The number of nitrogens with one attached hydrogen (secondary N) is 1. The van der Waals surface area contributed by atoms with Crippen molar-refractivity contribution in [1.29, 1.82) is 0 Å². The molecule has 102 valence electrons. The van der Waals surface area contributed by atoms with Gasteiger partial charge in [-0.15, -0.1) is 0 Å². The van der Waals surface area contributed by atoms with Gasteiger partial charge in [-0.3, -0.25) is 0 Å². The summed E-state index contributed by atoms with van der Waals surface area (Å²) in [6.45, 7) is 3.70. The van der Waals surface area contributed by atoms with Gasteiger partial charge >= 0.3 is 0 Å². The first-order chi connectivity index (χ1) is 8.35. The van der Waals surface area contributed by atoms with Crippen molar-refractivity contribution in [3.63, 3.8) is 0 Å². The molecule has 1 atom stereocenters. The standard InChI is InChI=1S/C12H17F2NO2S/c1-3-6-18(16,17)15-8-9(2)10-4-5-11(13)12(14)7-10/h4-5,7,9,15H,3,6,8H2,1-2H3/t9-/m1/s1. The Morgan fingerprint density at radius 3 is 2.50 bits per heavy atom. The average Bonchev–Trinajstić information content (AvgIpc) is 2.30. The Hall–Kier alpha value is -1.01. The van der Waals surface area contributed by atoms with Gasteiger partial charge in [-0.05, 0) is 30.0 Å². The van der Waals surface area contributed by atoms with Gasteiger partial charge < -0.3 is 0 Å². The maximum Gasteiger partial charge on any atom is 0.211 e. The monoisotopic (exact) mass is 277 g/mol. The first-order valence-corrected chi connectivity index (χ1v) is 7.43. The highest BCUT2D eigenvalue weighted by atomic mass is 32.2. The van der Waals surface area contributed by atoms with Crippen LogP contribution in [0.2, 0.25) is 0 Å². The van der Waals surface area contributed by atoms with E-state index in [0.717, 1.165) is 12.1 Å². The third-order valence-electron chi connectivity index (χ3n) is 2.59. The molecule has 1 aromatic rings. The minimum atomic E-state index is -3.27. The zero-order valence-electron chi connectivity index (χ0n) is 10.4. The number of benzene rings is 1. The number of halogens is 2. The van der Waals surface area contributed by atoms with Gasteiger partial charge in [0.15, 0.2) is 11.6 Å². The average molecular weight is 277 g/mol. The molecule has 0 aliphatic heterocycles. The minimum Gasteiger partial charge on any atom is -0.215 e. The smallest absolute Gasteiger partial charge is 0.211 e. The summed E-state index contributed by atoms with van der Waals surface area (Å²) in [5.74, 6) is -1.97. The van der Waals surface area contributed by atoms with Gasteiger partial charge in [0.2, 0.25) is 10.0 Å². The summed E-state index contributed by atoms with van der Waals surface area (Å²) in [6.07, 6.45) is 0.537. The first kappa shape index (κ1) is 15.0. The molecular weight excluding hydrogens is 260 g/mol. The highest BCUT2D eigenvalue weighted by Gasteiger charge is 2.13. The number of rotatable bonds is 6. The van der Waals surface area contributed by atoms with Crippen molar-refractivity contribution in [3.8, 4) is 0 Å². The highest BCUT2D eigenvalue weighted by Crippen LogP contribution is 2.17. The fourth-order valence-electron chi connectivity index (χ4n) is 1.53. The largest absolute Gasteiger partial charge is 0.215 e. The van der Waals surface area contributed by atoms with Crippen LogP contribution in [-0.2, 0) is 10.0 Å². The van der Waals surface area contributed by atoms with Crippen molar-refractivity contribution in [3.05, 3.63) is 35.4 Å². The molecule has 18 heavy (non-hydrogen) atoms. The van der Waals surface area contributed by atoms with Crippen molar-refractivity contribution in [2.75, 3.05) is 12.3 Å². The van der Waals surface area contributed by atoms with Crippen LogP contribution in [-0.4, -0.2) is 20.7 Å². The highest BCUT2D eigenvalue weighted by molar-refractivity contribution is 7.89. The van der Waals surface area contributed by atoms with Crippen molar-refractivity contribution in [2.24, 2.45) is 0 Å². The van der Waals surface area contributed by atoms with Crippen molar-refractivity contribution in [1.82, 2.24) is 4.72 Å². The van der Waals surface area contributed by atoms with Crippen LogP contribution in [0.25, 0.3) is 0 Å².